The first-order chi connectivity index (χ1) is 12.6. The first-order valence-corrected chi connectivity index (χ1v) is 10.5. The number of thiophene rings is 1. The summed E-state index contributed by atoms with van der Waals surface area (Å²) in [5.74, 6) is -0.200. The second-order valence-corrected chi connectivity index (χ2v) is 8.78. The Labute approximate surface area is 154 Å². The minimum absolute atomic E-state index is 0.200. The van der Waals surface area contributed by atoms with Gasteiger partial charge < -0.3 is 8.94 Å². The standard InChI is InChI=1S/C18H16N2O4S2/c21-26(22,12-16-15-3-1-2-4-17(15)24-20-16)19-9-7-14-5-6-18(25-14)13-8-10-23-11-13/h1-6,8,10-11,19H,7,9,12H2. The summed E-state index contributed by atoms with van der Waals surface area (Å²) in [7, 11) is -3.49. The third-order valence-electron chi connectivity index (χ3n) is 3.94. The van der Waals surface area contributed by atoms with Gasteiger partial charge in [-0.05, 0) is 36.8 Å². The van der Waals surface area contributed by atoms with Crippen molar-refractivity contribution in [2.45, 2.75) is 12.2 Å². The molecule has 0 saturated heterocycles. The SMILES string of the molecule is O=S(=O)(Cc1noc2ccccc12)NCCc1ccc(-c2ccoc2)s1. The predicted molar refractivity (Wildman–Crippen MR) is 100 cm³/mol. The van der Waals surface area contributed by atoms with E-state index >= 15 is 0 Å². The van der Waals surface area contributed by atoms with E-state index in [0.717, 1.165) is 20.7 Å². The van der Waals surface area contributed by atoms with E-state index in [-0.39, 0.29) is 5.75 Å². The van der Waals surface area contributed by atoms with Crippen LogP contribution in [0.15, 0.2) is 63.9 Å². The molecule has 0 fully saturated rings. The Balaban J connectivity index is 1.36. The molecule has 0 bridgehead atoms. The van der Waals surface area contributed by atoms with Crippen molar-refractivity contribution in [1.29, 1.82) is 0 Å². The molecule has 0 amide bonds. The fraction of sp³-hybridized carbons (Fsp3) is 0.167. The summed E-state index contributed by atoms with van der Waals surface area (Å²) in [6, 6.07) is 13.1. The topological polar surface area (TPSA) is 85.3 Å². The zero-order valence-corrected chi connectivity index (χ0v) is 15.3. The molecule has 0 saturated carbocycles. The molecule has 4 rings (SSSR count). The molecule has 1 aromatic carbocycles. The summed E-state index contributed by atoms with van der Waals surface area (Å²) < 4.78 is 37.5. The van der Waals surface area contributed by atoms with Gasteiger partial charge in [-0.15, -0.1) is 11.3 Å². The van der Waals surface area contributed by atoms with Crippen LogP contribution in [0.3, 0.4) is 0 Å². The van der Waals surface area contributed by atoms with Gasteiger partial charge in [-0.25, -0.2) is 13.1 Å². The van der Waals surface area contributed by atoms with Crippen LogP contribution >= 0.6 is 11.3 Å². The second kappa shape index (κ2) is 7.06. The summed E-state index contributed by atoms with van der Waals surface area (Å²) in [5, 5.41) is 4.60. The first kappa shape index (κ1) is 17.0. The highest BCUT2D eigenvalue weighted by atomic mass is 32.2. The van der Waals surface area contributed by atoms with E-state index in [1.807, 2.05) is 30.3 Å². The zero-order valence-electron chi connectivity index (χ0n) is 13.7. The molecule has 0 radical (unpaired) electrons. The maximum atomic E-state index is 12.3. The fourth-order valence-electron chi connectivity index (χ4n) is 2.68. The van der Waals surface area contributed by atoms with E-state index < -0.39 is 10.0 Å². The van der Waals surface area contributed by atoms with Gasteiger partial charge in [-0.1, -0.05) is 17.3 Å². The van der Waals surface area contributed by atoms with Crippen molar-refractivity contribution in [3.63, 3.8) is 0 Å². The van der Waals surface area contributed by atoms with E-state index in [1.54, 1.807) is 36.0 Å². The Hall–Kier alpha value is -2.42. The van der Waals surface area contributed by atoms with Crippen molar-refractivity contribution in [2.24, 2.45) is 0 Å². The first-order valence-electron chi connectivity index (χ1n) is 8.03. The average molecular weight is 388 g/mol. The molecular formula is C18H16N2O4S2. The van der Waals surface area contributed by atoms with Crippen LogP contribution in [0.5, 0.6) is 0 Å². The highest BCUT2D eigenvalue weighted by Gasteiger charge is 2.17. The van der Waals surface area contributed by atoms with Crippen LogP contribution in [0, 0.1) is 0 Å². The minimum Gasteiger partial charge on any atom is -0.472 e. The lowest BCUT2D eigenvalue weighted by Gasteiger charge is -2.04. The summed E-state index contributed by atoms with van der Waals surface area (Å²) >= 11 is 1.63. The molecule has 4 aromatic rings. The molecule has 0 aliphatic carbocycles. The molecule has 0 aliphatic rings. The number of aromatic nitrogens is 1. The number of benzene rings is 1. The smallest absolute Gasteiger partial charge is 0.217 e. The molecule has 6 nitrogen and oxygen atoms in total. The maximum absolute atomic E-state index is 12.3. The van der Waals surface area contributed by atoms with Crippen molar-refractivity contribution in [2.75, 3.05) is 6.54 Å². The average Bonchev–Trinajstić information content (AvgIpc) is 3.35. The number of hydrogen-bond acceptors (Lipinski definition) is 6. The third-order valence-corrected chi connectivity index (χ3v) is 6.43. The molecule has 0 unspecified atom stereocenters. The maximum Gasteiger partial charge on any atom is 0.217 e. The molecule has 26 heavy (non-hydrogen) atoms. The summed E-state index contributed by atoms with van der Waals surface area (Å²) in [4.78, 5) is 2.21. The number of furan rings is 1. The van der Waals surface area contributed by atoms with Crippen LogP contribution in [0.25, 0.3) is 21.4 Å². The minimum atomic E-state index is -3.49. The predicted octanol–water partition coefficient (Wildman–Crippen LogP) is 3.81. The number of rotatable bonds is 7. The molecule has 1 N–H and O–H groups in total. The molecule has 134 valence electrons. The van der Waals surface area contributed by atoms with Gasteiger partial charge in [0.05, 0.1) is 12.5 Å². The van der Waals surface area contributed by atoms with E-state index in [0.29, 0.717) is 24.2 Å². The van der Waals surface area contributed by atoms with Gasteiger partial charge in [-0.2, -0.15) is 0 Å². The van der Waals surface area contributed by atoms with E-state index in [4.69, 9.17) is 8.94 Å². The number of nitrogens with zero attached hydrogens (tertiary/aromatic N) is 1. The molecule has 0 atom stereocenters. The van der Waals surface area contributed by atoms with Crippen LogP contribution in [0.2, 0.25) is 0 Å². The van der Waals surface area contributed by atoms with Gasteiger partial charge in [0.25, 0.3) is 0 Å². The quantitative estimate of drug-likeness (QED) is 0.520. The molecule has 3 heterocycles. The Morgan fingerprint density at radius 2 is 2.00 bits per heavy atom. The molecule has 0 aliphatic heterocycles. The Morgan fingerprint density at radius 1 is 1.12 bits per heavy atom. The molecule has 8 heteroatoms. The summed E-state index contributed by atoms with van der Waals surface area (Å²) in [6.07, 6.45) is 3.96. The zero-order chi connectivity index (χ0) is 18.0. The van der Waals surface area contributed by atoms with Gasteiger partial charge in [0.15, 0.2) is 5.58 Å². The molecule has 3 aromatic heterocycles. The highest BCUT2D eigenvalue weighted by molar-refractivity contribution is 7.88. The second-order valence-electron chi connectivity index (χ2n) is 5.81. The largest absolute Gasteiger partial charge is 0.472 e. The lowest BCUT2D eigenvalue weighted by Crippen LogP contribution is -2.27. The Kier molecular flexibility index (Phi) is 4.62. The number of fused-ring (bicyclic) bond motifs is 1. The van der Waals surface area contributed by atoms with Crippen molar-refractivity contribution >= 4 is 32.3 Å². The van der Waals surface area contributed by atoms with E-state index in [1.165, 1.54) is 0 Å². The van der Waals surface area contributed by atoms with E-state index in [9.17, 15) is 8.42 Å². The van der Waals surface area contributed by atoms with Gasteiger partial charge in [0.1, 0.15) is 11.4 Å². The van der Waals surface area contributed by atoms with E-state index in [2.05, 4.69) is 9.88 Å². The molecular weight excluding hydrogens is 372 g/mol. The summed E-state index contributed by atoms with van der Waals surface area (Å²) in [5.41, 5.74) is 2.04. The van der Waals surface area contributed by atoms with Crippen molar-refractivity contribution in [3.05, 3.63) is 65.6 Å². The monoisotopic (exact) mass is 388 g/mol. The van der Waals surface area contributed by atoms with Crippen LogP contribution in [-0.2, 0) is 22.2 Å². The third kappa shape index (κ3) is 3.72. The van der Waals surface area contributed by atoms with Crippen molar-refractivity contribution in [1.82, 2.24) is 9.88 Å². The number of sulfonamides is 1. The number of nitrogens with one attached hydrogen (secondary N) is 1. The lowest BCUT2D eigenvalue weighted by molar-refractivity contribution is 0.448. The van der Waals surface area contributed by atoms with Gasteiger partial charge in [0.2, 0.25) is 10.0 Å². The number of hydrogen-bond donors (Lipinski definition) is 1. The lowest BCUT2D eigenvalue weighted by atomic mass is 10.2. The van der Waals surface area contributed by atoms with Crippen molar-refractivity contribution < 1.29 is 17.4 Å². The summed E-state index contributed by atoms with van der Waals surface area (Å²) in [6.45, 7) is 0.337. The van der Waals surface area contributed by atoms with Crippen molar-refractivity contribution in [3.8, 4) is 10.4 Å². The Morgan fingerprint density at radius 3 is 2.85 bits per heavy atom. The van der Waals surface area contributed by atoms with Crippen LogP contribution in [0.1, 0.15) is 10.6 Å². The van der Waals surface area contributed by atoms with Crippen LogP contribution in [-0.4, -0.2) is 20.1 Å². The highest BCUT2D eigenvalue weighted by Crippen LogP contribution is 2.28. The van der Waals surface area contributed by atoms with Crippen LogP contribution in [0.4, 0.5) is 0 Å². The Bertz CT molecular complexity index is 1110. The van der Waals surface area contributed by atoms with Gasteiger partial charge in [0, 0.05) is 27.2 Å². The molecule has 0 spiro atoms. The van der Waals surface area contributed by atoms with Crippen LogP contribution < -0.4 is 4.72 Å². The fourth-order valence-corrected chi connectivity index (χ4v) is 4.75. The number of para-hydroxylation sites is 1. The van der Waals surface area contributed by atoms with Gasteiger partial charge in [-0.3, -0.25) is 0 Å². The normalized spacial score (nSPS) is 12.0. The van der Waals surface area contributed by atoms with Gasteiger partial charge >= 0.3 is 0 Å².